The summed E-state index contributed by atoms with van der Waals surface area (Å²) in [5.41, 5.74) is 0.835. The van der Waals surface area contributed by atoms with Gasteiger partial charge in [0.1, 0.15) is 18.0 Å². The topological polar surface area (TPSA) is 67.9 Å². The number of amides is 2. The van der Waals surface area contributed by atoms with E-state index in [1.54, 1.807) is 30.6 Å². The molecule has 1 atom stereocenters. The lowest BCUT2D eigenvalue weighted by atomic mass is 9.95. The second-order valence-corrected chi connectivity index (χ2v) is 8.24. The van der Waals surface area contributed by atoms with Crippen LogP contribution in [0.3, 0.4) is 0 Å². The molecule has 1 unspecified atom stereocenters. The molecule has 0 saturated carbocycles. The number of thioether (sulfide) groups is 1. The molecule has 0 aliphatic carbocycles. The smallest absolute Gasteiger partial charge is 0.255 e. The van der Waals surface area contributed by atoms with E-state index in [2.05, 4.69) is 5.32 Å². The van der Waals surface area contributed by atoms with Crippen molar-refractivity contribution in [1.29, 1.82) is 0 Å². The Bertz CT molecular complexity index is 887. The third kappa shape index (κ3) is 5.15. The fourth-order valence-corrected chi connectivity index (χ4v) is 4.49. The SMILES string of the molecule is CCOC(C)(Cc1ccc(OCCN2CSc3ccccc3C2=O)cc1)C(=O)NC. The van der Waals surface area contributed by atoms with E-state index in [0.717, 1.165) is 21.8 Å². The maximum Gasteiger partial charge on any atom is 0.255 e. The van der Waals surface area contributed by atoms with E-state index < -0.39 is 5.60 Å². The zero-order chi connectivity index (χ0) is 21.6. The highest BCUT2D eigenvalue weighted by atomic mass is 32.2. The van der Waals surface area contributed by atoms with Gasteiger partial charge in [0.05, 0.1) is 18.0 Å². The summed E-state index contributed by atoms with van der Waals surface area (Å²) in [6.45, 7) is 5.08. The lowest BCUT2D eigenvalue weighted by Gasteiger charge is -2.28. The summed E-state index contributed by atoms with van der Waals surface area (Å²) in [4.78, 5) is 27.6. The fourth-order valence-electron chi connectivity index (χ4n) is 3.46. The molecule has 3 rings (SSSR count). The van der Waals surface area contributed by atoms with E-state index in [-0.39, 0.29) is 11.8 Å². The average Bonchev–Trinajstić information content (AvgIpc) is 2.76. The van der Waals surface area contributed by atoms with Crippen molar-refractivity contribution in [1.82, 2.24) is 10.2 Å². The minimum Gasteiger partial charge on any atom is -0.492 e. The zero-order valence-electron chi connectivity index (χ0n) is 17.6. The summed E-state index contributed by atoms with van der Waals surface area (Å²) in [6, 6.07) is 15.3. The molecule has 1 heterocycles. The maximum atomic E-state index is 12.6. The number of likely N-dealkylation sites (N-methyl/N-ethyl adjacent to an activating group) is 1. The van der Waals surface area contributed by atoms with Gasteiger partial charge >= 0.3 is 0 Å². The summed E-state index contributed by atoms with van der Waals surface area (Å²) in [5.74, 6) is 1.27. The first kappa shape index (κ1) is 22.2. The molecular formula is C23H28N2O4S. The van der Waals surface area contributed by atoms with Gasteiger partial charge in [-0.2, -0.15) is 0 Å². The van der Waals surface area contributed by atoms with Crippen LogP contribution < -0.4 is 10.1 Å². The molecule has 7 heteroatoms. The number of nitrogens with zero attached hydrogens (tertiary/aromatic N) is 1. The summed E-state index contributed by atoms with van der Waals surface area (Å²) in [5, 5.41) is 2.67. The Morgan fingerprint density at radius 3 is 2.63 bits per heavy atom. The van der Waals surface area contributed by atoms with Crippen LogP contribution in [0.15, 0.2) is 53.4 Å². The molecule has 1 N–H and O–H groups in total. The van der Waals surface area contributed by atoms with Crippen molar-refractivity contribution in [3.63, 3.8) is 0 Å². The predicted octanol–water partition coefficient (Wildman–Crippen LogP) is 3.35. The molecule has 160 valence electrons. The van der Waals surface area contributed by atoms with Gasteiger partial charge in [-0.25, -0.2) is 0 Å². The molecule has 0 saturated heterocycles. The van der Waals surface area contributed by atoms with Crippen molar-refractivity contribution in [2.75, 3.05) is 32.7 Å². The molecule has 0 spiro atoms. The van der Waals surface area contributed by atoms with Gasteiger partial charge in [-0.05, 0) is 43.7 Å². The highest BCUT2D eigenvalue weighted by Gasteiger charge is 2.33. The molecule has 30 heavy (non-hydrogen) atoms. The first-order chi connectivity index (χ1) is 14.5. The predicted molar refractivity (Wildman–Crippen MR) is 118 cm³/mol. The standard InChI is InChI=1S/C23H28N2O4S/c1-4-29-23(2,22(27)24-3)15-17-9-11-18(12-10-17)28-14-13-25-16-30-20-8-6-5-7-19(20)21(25)26/h5-12H,4,13-16H2,1-3H3,(H,24,27). The highest BCUT2D eigenvalue weighted by Crippen LogP contribution is 2.29. The zero-order valence-corrected chi connectivity index (χ0v) is 18.5. The number of carbonyl (C=O) groups is 2. The van der Waals surface area contributed by atoms with Crippen LogP contribution in [0.4, 0.5) is 0 Å². The fraction of sp³-hybridized carbons (Fsp3) is 0.391. The number of benzene rings is 2. The summed E-state index contributed by atoms with van der Waals surface area (Å²) < 4.78 is 11.5. The highest BCUT2D eigenvalue weighted by molar-refractivity contribution is 7.99. The summed E-state index contributed by atoms with van der Waals surface area (Å²) >= 11 is 1.67. The number of carbonyl (C=O) groups excluding carboxylic acids is 2. The minimum absolute atomic E-state index is 0.0488. The van der Waals surface area contributed by atoms with Gasteiger partial charge in [-0.3, -0.25) is 9.59 Å². The van der Waals surface area contributed by atoms with Crippen LogP contribution in [0.5, 0.6) is 5.75 Å². The quantitative estimate of drug-likeness (QED) is 0.663. The van der Waals surface area contributed by atoms with Gasteiger partial charge in [0.25, 0.3) is 11.8 Å². The molecular weight excluding hydrogens is 400 g/mol. The van der Waals surface area contributed by atoms with Crippen LogP contribution >= 0.6 is 11.8 Å². The minimum atomic E-state index is -0.908. The van der Waals surface area contributed by atoms with Crippen molar-refractivity contribution < 1.29 is 19.1 Å². The average molecular weight is 429 g/mol. The molecule has 6 nitrogen and oxygen atoms in total. The lowest BCUT2D eigenvalue weighted by Crippen LogP contribution is -2.47. The van der Waals surface area contributed by atoms with Crippen molar-refractivity contribution >= 4 is 23.6 Å². The molecule has 2 amide bonds. The molecule has 0 aromatic heterocycles. The van der Waals surface area contributed by atoms with E-state index in [1.807, 2.05) is 55.5 Å². The third-order valence-corrected chi connectivity index (χ3v) is 6.15. The molecule has 0 fully saturated rings. The van der Waals surface area contributed by atoms with Crippen molar-refractivity contribution in [2.24, 2.45) is 0 Å². The van der Waals surface area contributed by atoms with Crippen LogP contribution in [0, 0.1) is 0 Å². The molecule has 2 aromatic carbocycles. The Morgan fingerprint density at radius 2 is 1.93 bits per heavy atom. The van der Waals surface area contributed by atoms with E-state index in [9.17, 15) is 9.59 Å². The normalized spacial score (nSPS) is 15.3. The number of hydrogen-bond acceptors (Lipinski definition) is 5. The van der Waals surface area contributed by atoms with Crippen LogP contribution in [-0.4, -0.2) is 55.0 Å². The summed E-state index contributed by atoms with van der Waals surface area (Å²) in [6.07, 6.45) is 0.472. The second-order valence-electron chi connectivity index (χ2n) is 7.25. The lowest BCUT2D eigenvalue weighted by molar-refractivity contribution is -0.143. The first-order valence-electron chi connectivity index (χ1n) is 10.1. The Hall–Kier alpha value is -2.51. The van der Waals surface area contributed by atoms with Crippen LogP contribution in [0.2, 0.25) is 0 Å². The van der Waals surface area contributed by atoms with Gasteiger partial charge in [-0.1, -0.05) is 24.3 Å². The third-order valence-electron chi connectivity index (χ3n) is 5.05. The van der Waals surface area contributed by atoms with Gasteiger partial charge < -0.3 is 19.7 Å². The van der Waals surface area contributed by atoms with Crippen molar-refractivity contribution in [2.45, 2.75) is 30.8 Å². The largest absolute Gasteiger partial charge is 0.492 e. The first-order valence-corrected chi connectivity index (χ1v) is 11.0. The van der Waals surface area contributed by atoms with Gasteiger partial charge in [-0.15, -0.1) is 11.8 Å². The second kappa shape index (κ2) is 10.00. The van der Waals surface area contributed by atoms with Gasteiger partial charge in [0.2, 0.25) is 0 Å². The van der Waals surface area contributed by atoms with E-state index in [4.69, 9.17) is 9.47 Å². The Labute approximate surface area is 181 Å². The van der Waals surface area contributed by atoms with Crippen LogP contribution in [0.1, 0.15) is 29.8 Å². The molecule has 1 aliphatic heterocycles. The number of nitrogens with one attached hydrogen (secondary N) is 1. The molecule has 2 aromatic rings. The van der Waals surface area contributed by atoms with E-state index in [1.165, 1.54) is 0 Å². The molecule has 0 radical (unpaired) electrons. The maximum absolute atomic E-state index is 12.6. The Balaban J connectivity index is 1.53. The molecule has 0 bridgehead atoms. The van der Waals surface area contributed by atoms with Gasteiger partial charge in [0.15, 0.2) is 0 Å². The number of fused-ring (bicyclic) bond motifs is 1. The molecule has 1 aliphatic rings. The van der Waals surface area contributed by atoms with Crippen LogP contribution in [0.25, 0.3) is 0 Å². The Kier molecular flexibility index (Phi) is 7.39. The number of hydrogen-bond donors (Lipinski definition) is 1. The van der Waals surface area contributed by atoms with Gasteiger partial charge in [0, 0.05) is 25.0 Å². The number of ether oxygens (including phenoxy) is 2. The van der Waals surface area contributed by atoms with Crippen molar-refractivity contribution in [3.05, 3.63) is 59.7 Å². The van der Waals surface area contributed by atoms with E-state index >= 15 is 0 Å². The Morgan fingerprint density at radius 1 is 1.20 bits per heavy atom. The number of rotatable bonds is 9. The monoisotopic (exact) mass is 428 g/mol. The summed E-state index contributed by atoms with van der Waals surface area (Å²) in [7, 11) is 1.61. The van der Waals surface area contributed by atoms with Crippen LogP contribution in [-0.2, 0) is 16.0 Å². The van der Waals surface area contributed by atoms with Crippen molar-refractivity contribution in [3.8, 4) is 5.75 Å². The van der Waals surface area contributed by atoms with E-state index in [0.29, 0.717) is 32.1 Å².